The van der Waals surface area contributed by atoms with Gasteiger partial charge in [0.25, 0.3) is 0 Å². The number of aromatic nitrogens is 2. The van der Waals surface area contributed by atoms with Crippen molar-refractivity contribution in [2.45, 2.75) is 26.3 Å². The Labute approximate surface area is 158 Å². The minimum Gasteiger partial charge on any atom is -0.493 e. The number of rotatable bonds is 7. The van der Waals surface area contributed by atoms with Crippen LogP contribution in [0.4, 0.5) is 4.39 Å². The predicted octanol–water partition coefficient (Wildman–Crippen LogP) is 2.04. The second-order valence-corrected chi connectivity index (χ2v) is 8.68. The van der Waals surface area contributed by atoms with E-state index in [1.54, 1.807) is 31.5 Å². The zero-order chi connectivity index (χ0) is 19.4. The maximum absolute atomic E-state index is 14.4. The summed E-state index contributed by atoms with van der Waals surface area (Å²) in [5, 5.41) is 4.10. The summed E-state index contributed by atoms with van der Waals surface area (Å²) in [7, 11) is -3.31. The van der Waals surface area contributed by atoms with Crippen LogP contribution in [-0.2, 0) is 14.8 Å². The number of nitrogens with zero attached hydrogens (tertiary/aromatic N) is 2. The molecule has 0 unspecified atom stereocenters. The number of halogens is 1. The Hall–Kier alpha value is -1.97. The summed E-state index contributed by atoms with van der Waals surface area (Å²) >= 11 is 0. The molecule has 2 heterocycles. The normalized spacial score (nSPS) is 20.6. The van der Waals surface area contributed by atoms with Gasteiger partial charge in [-0.2, -0.15) is 5.10 Å². The Morgan fingerprint density at radius 1 is 1.44 bits per heavy atom. The van der Waals surface area contributed by atoms with Crippen molar-refractivity contribution in [1.82, 2.24) is 14.5 Å². The van der Waals surface area contributed by atoms with Crippen molar-refractivity contribution in [1.29, 1.82) is 0 Å². The van der Waals surface area contributed by atoms with Crippen molar-refractivity contribution in [3.8, 4) is 11.4 Å². The van der Waals surface area contributed by atoms with E-state index < -0.39 is 15.8 Å². The molecule has 1 aromatic carbocycles. The van der Waals surface area contributed by atoms with E-state index in [4.69, 9.17) is 9.47 Å². The van der Waals surface area contributed by atoms with Crippen LogP contribution in [0.15, 0.2) is 30.6 Å². The molecule has 27 heavy (non-hydrogen) atoms. The molecule has 0 aliphatic carbocycles. The van der Waals surface area contributed by atoms with Crippen molar-refractivity contribution < 1.29 is 22.3 Å². The van der Waals surface area contributed by atoms with Crippen molar-refractivity contribution in [2.75, 3.05) is 25.6 Å². The van der Waals surface area contributed by atoms with E-state index in [0.717, 1.165) is 5.56 Å². The summed E-state index contributed by atoms with van der Waals surface area (Å²) in [5.74, 6) is -0.185. The number of sulfonamides is 1. The lowest BCUT2D eigenvalue weighted by Gasteiger charge is -2.31. The fourth-order valence-corrected chi connectivity index (χ4v) is 3.88. The summed E-state index contributed by atoms with van der Waals surface area (Å²) in [5.41, 5.74) is 1.28. The number of benzene rings is 1. The number of aryl methyl sites for hydroxylation is 1. The second-order valence-electron chi connectivity index (χ2n) is 6.64. The summed E-state index contributed by atoms with van der Waals surface area (Å²) < 4.78 is 53.5. The molecule has 1 fully saturated rings. The Kier molecular flexibility index (Phi) is 6.13. The lowest BCUT2D eigenvalue weighted by Crippen LogP contribution is -2.47. The molecule has 2 aromatic rings. The van der Waals surface area contributed by atoms with Gasteiger partial charge in [0, 0.05) is 30.8 Å². The highest BCUT2D eigenvalue weighted by molar-refractivity contribution is 7.89. The van der Waals surface area contributed by atoms with Crippen molar-refractivity contribution in [2.24, 2.45) is 5.92 Å². The number of hydrogen-bond acceptors (Lipinski definition) is 5. The maximum Gasteiger partial charge on any atom is 0.211 e. The summed E-state index contributed by atoms with van der Waals surface area (Å²) in [6.07, 6.45) is 3.98. The topological polar surface area (TPSA) is 82.5 Å². The summed E-state index contributed by atoms with van der Waals surface area (Å²) in [6, 6.07) is 4.33. The number of hydrogen-bond donors (Lipinski definition) is 1. The highest BCUT2D eigenvalue weighted by Crippen LogP contribution is 2.22. The van der Waals surface area contributed by atoms with E-state index in [-0.39, 0.29) is 24.3 Å². The van der Waals surface area contributed by atoms with Gasteiger partial charge in [-0.05, 0) is 38.0 Å². The van der Waals surface area contributed by atoms with Crippen LogP contribution in [0.2, 0.25) is 0 Å². The molecule has 9 heteroatoms. The van der Waals surface area contributed by atoms with E-state index in [1.807, 2.05) is 6.92 Å². The Balaban J connectivity index is 1.65. The van der Waals surface area contributed by atoms with Crippen molar-refractivity contribution in [3.63, 3.8) is 0 Å². The van der Waals surface area contributed by atoms with Crippen LogP contribution in [0.3, 0.4) is 0 Å². The van der Waals surface area contributed by atoms with E-state index in [9.17, 15) is 12.8 Å². The van der Waals surface area contributed by atoms with Gasteiger partial charge in [0.2, 0.25) is 10.0 Å². The SMILES string of the molecule is CCS(=O)(=O)N[C@H]1CCOC[C@@H]1COc1ccc(-n2cc(C)cn2)c(F)c1. The molecule has 1 aromatic heterocycles. The molecule has 1 saturated heterocycles. The largest absolute Gasteiger partial charge is 0.493 e. The van der Waals surface area contributed by atoms with Gasteiger partial charge in [-0.1, -0.05) is 0 Å². The average molecular weight is 397 g/mol. The van der Waals surface area contributed by atoms with Gasteiger partial charge in [-0.25, -0.2) is 22.2 Å². The molecular formula is C18H24FN3O4S. The first-order valence-corrected chi connectivity index (χ1v) is 10.5. The minimum absolute atomic E-state index is 0.0253. The van der Waals surface area contributed by atoms with Gasteiger partial charge in [0.05, 0.1) is 25.2 Å². The quantitative estimate of drug-likeness (QED) is 0.773. The lowest BCUT2D eigenvalue weighted by molar-refractivity contribution is 0.0186. The molecule has 148 valence electrons. The third kappa shape index (κ3) is 5.06. The van der Waals surface area contributed by atoms with Crippen molar-refractivity contribution in [3.05, 3.63) is 42.0 Å². The first-order chi connectivity index (χ1) is 12.9. The molecule has 3 rings (SSSR count). The van der Waals surface area contributed by atoms with Crippen LogP contribution in [0.25, 0.3) is 5.69 Å². The molecular weight excluding hydrogens is 373 g/mol. The molecule has 1 aliphatic heterocycles. The predicted molar refractivity (Wildman–Crippen MR) is 99.1 cm³/mol. The van der Waals surface area contributed by atoms with Crippen LogP contribution in [0.5, 0.6) is 5.75 Å². The summed E-state index contributed by atoms with van der Waals surface area (Å²) in [4.78, 5) is 0. The smallest absolute Gasteiger partial charge is 0.211 e. The zero-order valence-electron chi connectivity index (χ0n) is 15.4. The van der Waals surface area contributed by atoms with E-state index in [0.29, 0.717) is 31.1 Å². The van der Waals surface area contributed by atoms with Crippen LogP contribution in [-0.4, -0.2) is 49.8 Å². The second kappa shape index (κ2) is 8.37. The van der Waals surface area contributed by atoms with Gasteiger partial charge >= 0.3 is 0 Å². The fourth-order valence-electron chi connectivity index (χ4n) is 2.94. The lowest BCUT2D eigenvalue weighted by atomic mass is 9.98. The molecule has 2 atom stereocenters. The molecule has 0 saturated carbocycles. The Bertz CT molecular complexity index is 884. The minimum atomic E-state index is -3.31. The van der Waals surface area contributed by atoms with Gasteiger partial charge in [0.15, 0.2) is 5.82 Å². The molecule has 1 aliphatic rings. The third-order valence-electron chi connectivity index (χ3n) is 4.53. The average Bonchev–Trinajstić information content (AvgIpc) is 3.07. The number of ether oxygens (including phenoxy) is 2. The third-order valence-corrected chi connectivity index (χ3v) is 5.95. The van der Waals surface area contributed by atoms with Gasteiger partial charge < -0.3 is 9.47 Å². The molecule has 7 nitrogen and oxygen atoms in total. The number of nitrogens with one attached hydrogen (secondary N) is 1. The molecule has 1 N–H and O–H groups in total. The first-order valence-electron chi connectivity index (χ1n) is 8.89. The highest BCUT2D eigenvalue weighted by atomic mass is 32.2. The molecule has 0 spiro atoms. The monoisotopic (exact) mass is 397 g/mol. The van der Waals surface area contributed by atoms with Gasteiger partial charge in [-0.15, -0.1) is 0 Å². The highest BCUT2D eigenvalue weighted by Gasteiger charge is 2.29. The fraction of sp³-hybridized carbons (Fsp3) is 0.500. The molecule has 0 radical (unpaired) electrons. The summed E-state index contributed by atoms with van der Waals surface area (Å²) in [6.45, 7) is 4.60. The molecule has 0 bridgehead atoms. The first kappa shape index (κ1) is 19.8. The van der Waals surface area contributed by atoms with E-state index in [2.05, 4.69) is 9.82 Å². The molecule has 0 amide bonds. The maximum atomic E-state index is 14.4. The standard InChI is InChI=1S/C18H24FN3O4S/c1-3-27(23,24)21-17-6-7-25-11-14(17)12-26-15-4-5-18(16(19)8-15)22-10-13(2)9-20-22/h4-5,8-10,14,17,21H,3,6-7,11-12H2,1-2H3/t14-,17+/m1/s1. The van der Waals surface area contributed by atoms with Gasteiger partial charge in [0.1, 0.15) is 11.4 Å². The zero-order valence-corrected chi connectivity index (χ0v) is 16.2. The van der Waals surface area contributed by atoms with E-state index >= 15 is 0 Å². The van der Waals surface area contributed by atoms with Crippen molar-refractivity contribution >= 4 is 10.0 Å². The van der Waals surface area contributed by atoms with Crippen LogP contribution >= 0.6 is 0 Å². The van der Waals surface area contributed by atoms with Crippen LogP contribution < -0.4 is 9.46 Å². The Morgan fingerprint density at radius 3 is 2.93 bits per heavy atom. The van der Waals surface area contributed by atoms with Gasteiger partial charge in [-0.3, -0.25) is 0 Å². The van der Waals surface area contributed by atoms with E-state index in [1.165, 1.54) is 10.7 Å². The van der Waals surface area contributed by atoms with Crippen LogP contribution in [0, 0.1) is 18.7 Å². The van der Waals surface area contributed by atoms with Crippen LogP contribution in [0.1, 0.15) is 18.9 Å². The Morgan fingerprint density at radius 2 is 2.26 bits per heavy atom.